The van der Waals surface area contributed by atoms with Gasteiger partial charge in [0.05, 0.1) is 6.42 Å². The zero-order chi connectivity index (χ0) is 17.0. The van der Waals surface area contributed by atoms with Crippen LogP contribution in [0.25, 0.3) is 0 Å². The predicted molar refractivity (Wildman–Crippen MR) is 90.8 cm³/mol. The molecule has 0 aliphatic heterocycles. The highest BCUT2D eigenvalue weighted by Crippen LogP contribution is 2.28. The number of carbonyl (C=O) groups is 1. The Bertz CT molecular complexity index is 672. The first-order valence-corrected chi connectivity index (χ1v) is 7.61. The number of hydrogen-bond acceptors (Lipinski definition) is 3. The molecule has 2 aromatic carbocycles. The van der Waals surface area contributed by atoms with Crippen LogP contribution in [0.15, 0.2) is 48.5 Å². The van der Waals surface area contributed by atoms with Crippen molar-refractivity contribution in [3.05, 3.63) is 59.7 Å². The highest BCUT2D eigenvalue weighted by molar-refractivity contribution is 5.67. The average Bonchev–Trinajstić information content (AvgIpc) is 2.46. The summed E-state index contributed by atoms with van der Waals surface area (Å²) in [4.78, 5) is 10.8. The summed E-state index contributed by atoms with van der Waals surface area (Å²) in [6, 6.07) is 14.7. The van der Waals surface area contributed by atoms with Crippen molar-refractivity contribution in [1.82, 2.24) is 0 Å². The average molecular weight is 313 g/mol. The van der Waals surface area contributed by atoms with Crippen molar-refractivity contribution in [1.29, 1.82) is 0 Å². The summed E-state index contributed by atoms with van der Waals surface area (Å²) in [5.41, 5.74) is 7.97. The Labute approximate surface area is 136 Å². The van der Waals surface area contributed by atoms with Gasteiger partial charge in [-0.15, -0.1) is 0 Å². The molecule has 0 amide bonds. The monoisotopic (exact) mass is 313 g/mol. The van der Waals surface area contributed by atoms with E-state index >= 15 is 0 Å². The van der Waals surface area contributed by atoms with E-state index in [0.717, 1.165) is 11.3 Å². The SMILES string of the molecule is CC(C)(C)c1ccc(Oc2cccc([C@H](N)CC(=O)O)c2)cc1. The molecule has 0 spiro atoms. The van der Waals surface area contributed by atoms with E-state index in [-0.39, 0.29) is 11.8 Å². The van der Waals surface area contributed by atoms with Crippen LogP contribution in [0, 0.1) is 0 Å². The van der Waals surface area contributed by atoms with Gasteiger partial charge in [0.1, 0.15) is 11.5 Å². The molecule has 0 heterocycles. The second-order valence-corrected chi connectivity index (χ2v) is 6.65. The van der Waals surface area contributed by atoms with Gasteiger partial charge >= 0.3 is 5.97 Å². The molecular formula is C19H23NO3. The summed E-state index contributed by atoms with van der Waals surface area (Å²) in [5.74, 6) is 0.468. The molecule has 2 rings (SSSR count). The molecule has 0 aromatic heterocycles. The minimum Gasteiger partial charge on any atom is -0.481 e. The van der Waals surface area contributed by atoms with Gasteiger partial charge in [0.2, 0.25) is 0 Å². The molecule has 0 saturated carbocycles. The molecule has 0 aliphatic carbocycles. The molecule has 23 heavy (non-hydrogen) atoms. The lowest BCUT2D eigenvalue weighted by molar-refractivity contribution is -0.137. The fourth-order valence-corrected chi connectivity index (χ4v) is 2.27. The van der Waals surface area contributed by atoms with Gasteiger partial charge in [0, 0.05) is 6.04 Å². The maximum absolute atomic E-state index is 10.8. The van der Waals surface area contributed by atoms with E-state index in [4.69, 9.17) is 15.6 Å². The standard InChI is InChI=1S/C19H23NO3/c1-19(2,3)14-7-9-15(10-8-14)23-16-6-4-5-13(11-16)17(20)12-18(21)22/h4-11,17H,12,20H2,1-3H3,(H,21,22)/t17-/m1/s1. The van der Waals surface area contributed by atoms with Crippen LogP contribution in [0.5, 0.6) is 11.5 Å². The van der Waals surface area contributed by atoms with Crippen LogP contribution in [-0.2, 0) is 10.2 Å². The van der Waals surface area contributed by atoms with E-state index < -0.39 is 12.0 Å². The van der Waals surface area contributed by atoms with Crippen molar-refractivity contribution < 1.29 is 14.6 Å². The molecular weight excluding hydrogens is 290 g/mol. The molecule has 2 aromatic rings. The first-order valence-electron chi connectivity index (χ1n) is 7.61. The molecule has 4 nitrogen and oxygen atoms in total. The summed E-state index contributed by atoms with van der Waals surface area (Å²) >= 11 is 0. The van der Waals surface area contributed by atoms with Gasteiger partial charge in [0.15, 0.2) is 0 Å². The number of carboxylic acid groups (broad SMARTS) is 1. The van der Waals surface area contributed by atoms with E-state index in [1.807, 2.05) is 30.3 Å². The molecule has 0 saturated heterocycles. The first kappa shape index (κ1) is 17.0. The molecule has 0 fully saturated rings. The molecule has 0 aliphatic rings. The molecule has 0 unspecified atom stereocenters. The lowest BCUT2D eigenvalue weighted by Crippen LogP contribution is -2.14. The number of ether oxygens (including phenoxy) is 1. The van der Waals surface area contributed by atoms with Gasteiger partial charge in [-0.25, -0.2) is 0 Å². The Morgan fingerprint density at radius 1 is 1.13 bits per heavy atom. The number of benzene rings is 2. The third-order valence-electron chi connectivity index (χ3n) is 3.64. The lowest BCUT2D eigenvalue weighted by Gasteiger charge is -2.19. The summed E-state index contributed by atoms with van der Waals surface area (Å²) in [6.07, 6.45) is -0.107. The van der Waals surface area contributed by atoms with Crippen LogP contribution in [0.3, 0.4) is 0 Å². The highest BCUT2D eigenvalue weighted by Gasteiger charge is 2.14. The zero-order valence-corrected chi connectivity index (χ0v) is 13.7. The summed E-state index contributed by atoms with van der Waals surface area (Å²) < 4.78 is 5.84. The minimum absolute atomic E-state index is 0.0993. The van der Waals surface area contributed by atoms with Gasteiger partial charge in [-0.2, -0.15) is 0 Å². The Kier molecular flexibility index (Phi) is 5.06. The smallest absolute Gasteiger partial charge is 0.305 e. The zero-order valence-electron chi connectivity index (χ0n) is 13.7. The topological polar surface area (TPSA) is 72.5 Å². The third-order valence-corrected chi connectivity index (χ3v) is 3.64. The molecule has 0 radical (unpaired) electrons. The normalized spacial score (nSPS) is 12.7. The lowest BCUT2D eigenvalue weighted by atomic mass is 9.87. The maximum atomic E-state index is 10.8. The molecule has 0 bridgehead atoms. The van der Waals surface area contributed by atoms with Crippen LogP contribution in [0.1, 0.15) is 44.4 Å². The Morgan fingerprint density at radius 2 is 1.78 bits per heavy atom. The fourth-order valence-electron chi connectivity index (χ4n) is 2.27. The van der Waals surface area contributed by atoms with Crippen LogP contribution >= 0.6 is 0 Å². The second-order valence-electron chi connectivity index (χ2n) is 6.65. The predicted octanol–water partition coefficient (Wildman–Crippen LogP) is 4.25. The second kappa shape index (κ2) is 6.84. The number of aliphatic carboxylic acids is 1. The fraction of sp³-hybridized carbons (Fsp3) is 0.316. The summed E-state index contributed by atoms with van der Waals surface area (Å²) in [5, 5.41) is 8.83. The Balaban J connectivity index is 2.13. The quantitative estimate of drug-likeness (QED) is 0.865. The molecule has 4 heteroatoms. The van der Waals surface area contributed by atoms with E-state index in [1.165, 1.54) is 5.56 Å². The van der Waals surface area contributed by atoms with Crippen molar-refractivity contribution >= 4 is 5.97 Å². The third kappa shape index (κ3) is 4.83. The summed E-state index contributed by atoms with van der Waals surface area (Å²) in [7, 11) is 0. The number of hydrogen-bond donors (Lipinski definition) is 2. The van der Waals surface area contributed by atoms with Gasteiger partial charge in [-0.05, 0) is 40.8 Å². The van der Waals surface area contributed by atoms with Crippen LogP contribution in [0.4, 0.5) is 0 Å². The van der Waals surface area contributed by atoms with Gasteiger partial charge in [-0.3, -0.25) is 4.79 Å². The van der Waals surface area contributed by atoms with Crippen LogP contribution in [-0.4, -0.2) is 11.1 Å². The maximum Gasteiger partial charge on any atom is 0.305 e. The Hall–Kier alpha value is -2.33. The van der Waals surface area contributed by atoms with Crippen LogP contribution in [0.2, 0.25) is 0 Å². The van der Waals surface area contributed by atoms with E-state index in [0.29, 0.717) is 5.75 Å². The van der Waals surface area contributed by atoms with E-state index in [2.05, 4.69) is 32.9 Å². The summed E-state index contributed by atoms with van der Waals surface area (Å²) in [6.45, 7) is 6.49. The number of rotatable bonds is 5. The van der Waals surface area contributed by atoms with Crippen molar-refractivity contribution in [3.8, 4) is 11.5 Å². The number of nitrogens with two attached hydrogens (primary N) is 1. The highest BCUT2D eigenvalue weighted by atomic mass is 16.5. The van der Waals surface area contributed by atoms with Crippen molar-refractivity contribution in [2.24, 2.45) is 5.73 Å². The largest absolute Gasteiger partial charge is 0.481 e. The van der Waals surface area contributed by atoms with Gasteiger partial charge in [-0.1, -0.05) is 45.0 Å². The van der Waals surface area contributed by atoms with E-state index in [9.17, 15) is 4.79 Å². The van der Waals surface area contributed by atoms with Gasteiger partial charge in [0.25, 0.3) is 0 Å². The molecule has 122 valence electrons. The first-order chi connectivity index (χ1) is 10.8. The minimum atomic E-state index is -0.915. The van der Waals surface area contributed by atoms with Crippen molar-refractivity contribution in [2.45, 2.75) is 38.6 Å². The molecule has 3 N–H and O–H groups in total. The van der Waals surface area contributed by atoms with Crippen LogP contribution < -0.4 is 10.5 Å². The van der Waals surface area contributed by atoms with Crippen molar-refractivity contribution in [2.75, 3.05) is 0 Å². The number of carboxylic acids is 1. The van der Waals surface area contributed by atoms with Crippen molar-refractivity contribution in [3.63, 3.8) is 0 Å². The Morgan fingerprint density at radius 3 is 2.35 bits per heavy atom. The molecule has 1 atom stereocenters. The van der Waals surface area contributed by atoms with E-state index in [1.54, 1.807) is 6.07 Å². The van der Waals surface area contributed by atoms with Gasteiger partial charge < -0.3 is 15.6 Å².